The predicted octanol–water partition coefficient (Wildman–Crippen LogP) is 3.69. The van der Waals surface area contributed by atoms with Crippen LogP contribution in [0.15, 0.2) is 61.1 Å². The van der Waals surface area contributed by atoms with Gasteiger partial charge in [-0.15, -0.1) is 0 Å². The van der Waals surface area contributed by atoms with E-state index in [1.807, 2.05) is 25.3 Å². The molecule has 0 aliphatic carbocycles. The number of aryl methyl sites for hydroxylation is 1. The van der Waals surface area contributed by atoms with E-state index in [0.29, 0.717) is 5.82 Å². The van der Waals surface area contributed by atoms with Crippen molar-refractivity contribution < 1.29 is 5.11 Å². The molecule has 0 amide bonds. The number of phenolic OH excluding ortho intramolecular Hbond substituents is 1. The number of hydrogen-bond acceptors (Lipinski definition) is 5. The minimum absolute atomic E-state index is 0.223. The Kier molecular flexibility index (Phi) is 3.82. The molecule has 122 valence electrons. The van der Waals surface area contributed by atoms with Gasteiger partial charge in [-0.1, -0.05) is 6.07 Å². The fourth-order valence-corrected chi connectivity index (χ4v) is 2.73. The van der Waals surface area contributed by atoms with Gasteiger partial charge in [0, 0.05) is 30.1 Å². The number of fused-ring (bicyclic) bond motifs is 1. The van der Waals surface area contributed by atoms with Crippen molar-refractivity contribution in [3.63, 3.8) is 0 Å². The fourth-order valence-electron chi connectivity index (χ4n) is 2.73. The Morgan fingerprint density at radius 1 is 0.920 bits per heavy atom. The molecular formula is C20H16N4O. The highest BCUT2D eigenvalue weighted by Gasteiger charge is 2.07. The SMILES string of the molecule is Cc1ncccc1Cc1cnc2cnc(-c3ccc(O)cc3)nc2c1. The maximum absolute atomic E-state index is 9.42. The van der Waals surface area contributed by atoms with Gasteiger partial charge in [0.25, 0.3) is 0 Å². The number of pyridine rings is 2. The molecule has 0 fully saturated rings. The molecule has 5 nitrogen and oxygen atoms in total. The quantitative estimate of drug-likeness (QED) is 0.621. The number of rotatable bonds is 3. The highest BCUT2D eigenvalue weighted by molar-refractivity contribution is 5.76. The summed E-state index contributed by atoms with van der Waals surface area (Å²) in [6, 6.07) is 12.9. The standard InChI is InChI=1S/C20H16N4O/c1-13-16(3-2-8-21-13)9-14-10-18-19(22-11-14)12-23-20(24-18)15-4-6-17(25)7-5-15/h2-8,10-12,25H,9H2,1H3. The molecule has 5 heteroatoms. The second-order valence-electron chi connectivity index (χ2n) is 5.91. The third kappa shape index (κ3) is 3.17. The average Bonchev–Trinajstić information content (AvgIpc) is 2.64. The summed E-state index contributed by atoms with van der Waals surface area (Å²) in [6.07, 6.45) is 6.15. The van der Waals surface area contributed by atoms with E-state index in [0.717, 1.165) is 34.3 Å². The highest BCUT2D eigenvalue weighted by Crippen LogP contribution is 2.21. The van der Waals surface area contributed by atoms with Crippen molar-refractivity contribution in [3.05, 3.63) is 77.9 Å². The molecule has 0 atom stereocenters. The van der Waals surface area contributed by atoms with Gasteiger partial charge in [0.1, 0.15) is 11.3 Å². The molecule has 0 unspecified atom stereocenters. The summed E-state index contributed by atoms with van der Waals surface area (Å²) in [5, 5.41) is 9.42. The van der Waals surface area contributed by atoms with Crippen molar-refractivity contribution in [1.82, 2.24) is 19.9 Å². The van der Waals surface area contributed by atoms with Crippen LogP contribution in [0.1, 0.15) is 16.8 Å². The normalized spacial score (nSPS) is 10.9. The Hall–Kier alpha value is -3.34. The van der Waals surface area contributed by atoms with E-state index >= 15 is 0 Å². The van der Waals surface area contributed by atoms with Crippen LogP contribution in [0.5, 0.6) is 5.75 Å². The van der Waals surface area contributed by atoms with E-state index in [2.05, 4.69) is 26.0 Å². The van der Waals surface area contributed by atoms with Crippen LogP contribution in [0.4, 0.5) is 0 Å². The van der Waals surface area contributed by atoms with Gasteiger partial charge in [0.05, 0.1) is 11.7 Å². The number of phenols is 1. The van der Waals surface area contributed by atoms with Crippen LogP contribution in [-0.4, -0.2) is 25.0 Å². The molecule has 1 aromatic carbocycles. The first kappa shape index (κ1) is 15.2. The van der Waals surface area contributed by atoms with Gasteiger partial charge < -0.3 is 5.11 Å². The predicted molar refractivity (Wildman–Crippen MR) is 96.2 cm³/mol. The van der Waals surface area contributed by atoms with E-state index in [-0.39, 0.29) is 5.75 Å². The maximum Gasteiger partial charge on any atom is 0.159 e. The second-order valence-corrected chi connectivity index (χ2v) is 5.91. The summed E-state index contributed by atoms with van der Waals surface area (Å²) in [5.74, 6) is 0.837. The lowest BCUT2D eigenvalue weighted by Gasteiger charge is -2.06. The summed E-state index contributed by atoms with van der Waals surface area (Å²) >= 11 is 0. The minimum atomic E-state index is 0.223. The first-order valence-electron chi connectivity index (χ1n) is 8.00. The summed E-state index contributed by atoms with van der Waals surface area (Å²) in [7, 11) is 0. The van der Waals surface area contributed by atoms with Gasteiger partial charge in [-0.05, 0) is 54.4 Å². The van der Waals surface area contributed by atoms with Crippen molar-refractivity contribution in [2.24, 2.45) is 0 Å². The number of nitrogens with zero attached hydrogens (tertiary/aromatic N) is 4. The first-order chi connectivity index (χ1) is 12.2. The molecule has 0 aliphatic rings. The lowest BCUT2D eigenvalue weighted by Crippen LogP contribution is -1.97. The zero-order valence-corrected chi connectivity index (χ0v) is 13.7. The monoisotopic (exact) mass is 328 g/mol. The third-order valence-electron chi connectivity index (χ3n) is 4.13. The average molecular weight is 328 g/mol. The molecule has 0 saturated carbocycles. The molecule has 4 rings (SSSR count). The van der Waals surface area contributed by atoms with Crippen molar-refractivity contribution in [2.45, 2.75) is 13.3 Å². The van der Waals surface area contributed by atoms with Gasteiger partial charge in [-0.25, -0.2) is 9.97 Å². The number of benzene rings is 1. The highest BCUT2D eigenvalue weighted by atomic mass is 16.3. The zero-order chi connectivity index (χ0) is 17.2. The smallest absolute Gasteiger partial charge is 0.159 e. The van der Waals surface area contributed by atoms with Crippen LogP contribution in [0.3, 0.4) is 0 Å². The molecule has 1 N–H and O–H groups in total. The van der Waals surface area contributed by atoms with E-state index in [1.165, 1.54) is 5.56 Å². The maximum atomic E-state index is 9.42. The first-order valence-corrected chi connectivity index (χ1v) is 8.00. The Balaban J connectivity index is 1.71. The number of aromatic hydroxyl groups is 1. The van der Waals surface area contributed by atoms with Gasteiger partial charge in [-0.2, -0.15) is 0 Å². The van der Waals surface area contributed by atoms with E-state index in [1.54, 1.807) is 36.7 Å². The van der Waals surface area contributed by atoms with Crippen molar-refractivity contribution in [2.75, 3.05) is 0 Å². The van der Waals surface area contributed by atoms with Crippen LogP contribution in [-0.2, 0) is 6.42 Å². The van der Waals surface area contributed by atoms with Gasteiger partial charge >= 0.3 is 0 Å². The second kappa shape index (κ2) is 6.28. The molecule has 0 aliphatic heterocycles. The Labute approximate surface area is 145 Å². The third-order valence-corrected chi connectivity index (χ3v) is 4.13. The molecule has 0 radical (unpaired) electrons. The zero-order valence-electron chi connectivity index (χ0n) is 13.7. The van der Waals surface area contributed by atoms with Crippen LogP contribution >= 0.6 is 0 Å². The number of hydrogen-bond donors (Lipinski definition) is 1. The largest absolute Gasteiger partial charge is 0.508 e. The molecule has 0 bridgehead atoms. The van der Waals surface area contributed by atoms with E-state index < -0.39 is 0 Å². The summed E-state index contributed by atoms with van der Waals surface area (Å²) in [6.45, 7) is 2.01. The van der Waals surface area contributed by atoms with Crippen molar-refractivity contribution in [1.29, 1.82) is 0 Å². The Morgan fingerprint density at radius 2 is 1.76 bits per heavy atom. The van der Waals surface area contributed by atoms with Crippen LogP contribution in [0.25, 0.3) is 22.4 Å². The van der Waals surface area contributed by atoms with Crippen molar-refractivity contribution in [3.8, 4) is 17.1 Å². The summed E-state index contributed by atoms with van der Waals surface area (Å²) in [5.41, 5.74) is 5.70. The van der Waals surface area contributed by atoms with Gasteiger partial charge in [-0.3, -0.25) is 9.97 Å². The van der Waals surface area contributed by atoms with E-state index in [4.69, 9.17) is 0 Å². The fraction of sp³-hybridized carbons (Fsp3) is 0.100. The topological polar surface area (TPSA) is 71.8 Å². The molecule has 0 spiro atoms. The Bertz CT molecular complexity index is 1040. The lowest BCUT2D eigenvalue weighted by atomic mass is 10.1. The molecular weight excluding hydrogens is 312 g/mol. The van der Waals surface area contributed by atoms with Gasteiger partial charge in [0.2, 0.25) is 0 Å². The molecule has 0 saturated heterocycles. The lowest BCUT2D eigenvalue weighted by molar-refractivity contribution is 0.475. The molecule has 3 aromatic heterocycles. The van der Waals surface area contributed by atoms with Crippen LogP contribution in [0.2, 0.25) is 0 Å². The van der Waals surface area contributed by atoms with Crippen LogP contribution in [0, 0.1) is 6.92 Å². The van der Waals surface area contributed by atoms with Crippen LogP contribution < -0.4 is 0 Å². The van der Waals surface area contributed by atoms with Gasteiger partial charge in [0.15, 0.2) is 5.82 Å². The summed E-state index contributed by atoms with van der Waals surface area (Å²) < 4.78 is 0. The molecule has 3 heterocycles. The minimum Gasteiger partial charge on any atom is -0.508 e. The Morgan fingerprint density at radius 3 is 2.56 bits per heavy atom. The van der Waals surface area contributed by atoms with E-state index in [9.17, 15) is 5.11 Å². The number of aromatic nitrogens is 4. The van der Waals surface area contributed by atoms with Crippen molar-refractivity contribution >= 4 is 11.0 Å². The molecule has 25 heavy (non-hydrogen) atoms. The molecule has 4 aromatic rings. The summed E-state index contributed by atoms with van der Waals surface area (Å²) in [4.78, 5) is 17.8.